The van der Waals surface area contributed by atoms with E-state index in [1.54, 1.807) is 6.20 Å². The first-order valence-corrected chi connectivity index (χ1v) is 7.99. The molecule has 1 amide bonds. The van der Waals surface area contributed by atoms with Crippen LogP contribution in [0, 0.1) is 6.92 Å². The molecular formula is C20H18N2O. The maximum Gasteiger partial charge on any atom is 0.258 e. The third-order valence-corrected chi connectivity index (χ3v) is 4.47. The highest BCUT2D eigenvalue weighted by Gasteiger charge is 2.24. The highest BCUT2D eigenvalue weighted by atomic mass is 16.2. The van der Waals surface area contributed by atoms with Gasteiger partial charge in [0.1, 0.15) is 0 Å². The molecule has 3 heteroatoms. The number of hydrogen-bond donors (Lipinski definition) is 0. The molecule has 0 unspecified atom stereocenters. The Kier molecular flexibility index (Phi) is 3.34. The van der Waals surface area contributed by atoms with Crippen LogP contribution in [-0.4, -0.2) is 17.4 Å². The van der Waals surface area contributed by atoms with Crippen molar-refractivity contribution in [2.45, 2.75) is 19.8 Å². The second-order valence-corrected chi connectivity index (χ2v) is 6.07. The number of rotatable bonds is 1. The lowest BCUT2D eigenvalue weighted by atomic mass is 9.98. The summed E-state index contributed by atoms with van der Waals surface area (Å²) in [5.74, 6) is 0.0633. The molecule has 1 aromatic heterocycles. The number of hydrogen-bond acceptors (Lipinski definition) is 2. The zero-order valence-corrected chi connectivity index (χ0v) is 13.1. The summed E-state index contributed by atoms with van der Waals surface area (Å²) in [7, 11) is 0. The lowest BCUT2D eigenvalue weighted by Gasteiger charge is -2.30. The molecule has 114 valence electrons. The van der Waals surface area contributed by atoms with Gasteiger partial charge in [-0.2, -0.15) is 0 Å². The van der Waals surface area contributed by atoms with Gasteiger partial charge in [-0.05, 0) is 49.6 Å². The van der Waals surface area contributed by atoms with Crippen molar-refractivity contribution in [3.05, 3.63) is 71.4 Å². The van der Waals surface area contributed by atoms with Crippen molar-refractivity contribution in [3.63, 3.8) is 0 Å². The quantitative estimate of drug-likeness (QED) is 0.677. The first kappa shape index (κ1) is 13.9. The molecule has 0 aliphatic carbocycles. The van der Waals surface area contributed by atoms with E-state index in [1.807, 2.05) is 35.2 Å². The molecule has 0 saturated heterocycles. The van der Waals surface area contributed by atoms with Gasteiger partial charge in [0.25, 0.3) is 5.91 Å². The minimum atomic E-state index is 0.0633. The molecule has 0 atom stereocenters. The van der Waals surface area contributed by atoms with Crippen LogP contribution >= 0.6 is 0 Å². The van der Waals surface area contributed by atoms with E-state index in [0.717, 1.165) is 41.5 Å². The molecule has 0 N–H and O–H groups in total. The van der Waals surface area contributed by atoms with Crippen LogP contribution in [0.3, 0.4) is 0 Å². The van der Waals surface area contributed by atoms with E-state index in [0.29, 0.717) is 0 Å². The molecule has 0 fully saturated rings. The molecule has 0 saturated carbocycles. The number of nitrogens with zero attached hydrogens (tertiary/aromatic N) is 2. The number of amides is 1. The Bertz CT molecular complexity index is 896. The normalized spacial score (nSPS) is 13.9. The number of benzene rings is 2. The lowest BCUT2D eigenvalue weighted by Crippen LogP contribution is -2.35. The van der Waals surface area contributed by atoms with E-state index < -0.39 is 0 Å². The molecule has 3 nitrogen and oxygen atoms in total. The summed E-state index contributed by atoms with van der Waals surface area (Å²) < 4.78 is 0. The molecular weight excluding hydrogens is 284 g/mol. The van der Waals surface area contributed by atoms with Gasteiger partial charge in [-0.15, -0.1) is 0 Å². The van der Waals surface area contributed by atoms with Crippen LogP contribution in [0.2, 0.25) is 0 Å². The minimum Gasteiger partial charge on any atom is -0.308 e. The molecule has 1 aliphatic rings. The van der Waals surface area contributed by atoms with Gasteiger partial charge in [-0.25, -0.2) is 0 Å². The molecule has 3 aromatic rings. The van der Waals surface area contributed by atoms with Crippen molar-refractivity contribution in [2.75, 3.05) is 11.4 Å². The largest absolute Gasteiger partial charge is 0.308 e. The van der Waals surface area contributed by atoms with Crippen molar-refractivity contribution < 1.29 is 4.79 Å². The Balaban J connectivity index is 1.81. The third kappa shape index (κ3) is 2.38. The molecule has 0 bridgehead atoms. The highest BCUT2D eigenvalue weighted by Crippen LogP contribution is 2.30. The summed E-state index contributed by atoms with van der Waals surface area (Å²) in [5.41, 5.74) is 5.15. The van der Waals surface area contributed by atoms with E-state index in [-0.39, 0.29) is 5.91 Å². The number of carbonyl (C=O) groups excluding carboxylic acids is 1. The summed E-state index contributed by atoms with van der Waals surface area (Å²) in [6, 6.07) is 15.9. The highest BCUT2D eigenvalue weighted by molar-refractivity contribution is 6.14. The minimum absolute atomic E-state index is 0.0633. The smallest absolute Gasteiger partial charge is 0.258 e. The van der Waals surface area contributed by atoms with Gasteiger partial charge in [0.15, 0.2) is 0 Å². The van der Waals surface area contributed by atoms with Gasteiger partial charge in [-0.3, -0.25) is 9.78 Å². The van der Waals surface area contributed by atoms with Crippen molar-refractivity contribution in [3.8, 4) is 0 Å². The predicted molar refractivity (Wildman–Crippen MR) is 92.9 cm³/mol. The number of carbonyl (C=O) groups is 1. The zero-order chi connectivity index (χ0) is 15.8. The number of anilines is 1. The molecule has 2 aromatic carbocycles. The second-order valence-electron chi connectivity index (χ2n) is 6.07. The summed E-state index contributed by atoms with van der Waals surface area (Å²) in [6.07, 6.45) is 3.80. The van der Waals surface area contributed by atoms with Crippen molar-refractivity contribution in [1.29, 1.82) is 0 Å². The summed E-state index contributed by atoms with van der Waals surface area (Å²) in [4.78, 5) is 19.4. The third-order valence-electron chi connectivity index (χ3n) is 4.47. The van der Waals surface area contributed by atoms with Gasteiger partial charge in [0, 0.05) is 29.4 Å². The molecule has 2 heterocycles. The van der Waals surface area contributed by atoms with Gasteiger partial charge >= 0.3 is 0 Å². The molecule has 4 rings (SSSR count). The van der Waals surface area contributed by atoms with Crippen LogP contribution in [0.4, 0.5) is 5.69 Å². The van der Waals surface area contributed by atoms with Gasteiger partial charge in [-0.1, -0.05) is 29.8 Å². The molecule has 0 radical (unpaired) electrons. The lowest BCUT2D eigenvalue weighted by molar-refractivity contribution is 0.0986. The topological polar surface area (TPSA) is 33.2 Å². The Morgan fingerprint density at radius 1 is 1.13 bits per heavy atom. The fourth-order valence-electron chi connectivity index (χ4n) is 3.37. The molecule has 1 aliphatic heterocycles. The fraction of sp³-hybridized carbons (Fsp3) is 0.200. The second kappa shape index (κ2) is 5.51. The van der Waals surface area contributed by atoms with Crippen LogP contribution < -0.4 is 4.90 Å². The van der Waals surface area contributed by atoms with Crippen molar-refractivity contribution in [1.82, 2.24) is 4.98 Å². The first-order valence-electron chi connectivity index (χ1n) is 7.99. The number of fused-ring (bicyclic) bond motifs is 2. The number of aryl methyl sites for hydroxylation is 2. The Hall–Kier alpha value is -2.68. The Labute approximate surface area is 135 Å². The maximum atomic E-state index is 13.2. The van der Waals surface area contributed by atoms with E-state index in [4.69, 9.17) is 0 Å². The number of aromatic nitrogens is 1. The Morgan fingerprint density at radius 2 is 2.04 bits per heavy atom. The first-order chi connectivity index (χ1) is 11.2. The molecule has 23 heavy (non-hydrogen) atoms. The van der Waals surface area contributed by atoms with E-state index in [1.165, 1.54) is 11.1 Å². The van der Waals surface area contributed by atoms with Crippen molar-refractivity contribution >= 4 is 22.5 Å². The van der Waals surface area contributed by atoms with Crippen LogP contribution in [0.25, 0.3) is 10.9 Å². The fourth-order valence-corrected chi connectivity index (χ4v) is 3.37. The van der Waals surface area contributed by atoms with Gasteiger partial charge in [0.05, 0.1) is 5.52 Å². The van der Waals surface area contributed by atoms with Crippen LogP contribution in [0.1, 0.15) is 27.9 Å². The zero-order valence-electron chi connectivity index (χ0n) is 13.1. The molecule has 0 spiro atoms. The summed E-state index contributed by atoms with van der Waals surface area (Å²) >= 11 is 0. The van der Waals surface area contributed by atoms with Gasteiger partial charge in [0.2, 0.25) is 0 Å². The summed E-state index contributed by atoms with van der Waals surface area (Å²) in [5, 5.41) is 0.916. The summed E-state index contributed by atoms with van der Waals surface area (Å²) in [6.45, 7) is 2.86. The van der Waals surface area contributed by atoms with Crippen molar-refractivity contribution in [2.24, 2.45) is 0 Å². The SMILES string of the molecule is Cc1ccc2c(c1)CCCN2C(=O)c1cccc2ncccc12. The maximum absolute atomic E-state index is 13.2. The van der Waals surface area contributed by atoms with Crippen LogP contribution in [0.5, 0.6) is 0 Å². The predicted octanol–water partition coefficient (Wildman–Crippen LogP) is 4.14. The van der Waals surface area contributed by atoms with Gasteiger partial charge < -0.3 is 4.90 Å². The average Bonchev–Trinajstić information content (AvgIpc) is 2.60. The standard InChI is InChI=1S/C20H18N2O/c1-14-9-10-19-15(13-14)5-4-12-22(19)20(23)17-6-2-8-18-16(17)7-3-11-21-18/h2-3,6-11,13H,4-5,12H2,1H3. The average molecular weight is 302 g/mol. The van der Waals surface area contributed by atoms with E-state index in [9.17, 15) is 4.79 Å². The monoisotopic (exact) mass is 302 g/mol. The van der Waals surface area contributed by atoms with E-state index >= 15 is 0 Å². The van der Waals surface area contributed by atoms with Crippen LogP contribution in [0.15, 0.2) is 54.7 Å². The Morgan fingerprint density at radius 3 is 2.96 bits per heavy atom. The van der Waals surface area contributed by atoms with Crippen LogP contribution in [-0.2, 0) is 6.42 Å². The number of pyridine rings is 1. The van der Waals surface area contributed by atoms with E-state index in [2.05, 4.69) is 30.1 Å².